The first-order valence-corrected chi connectivity index (χ1v) is 6.30. The third kappa shape index (κ3) is 4.04. The number of nitrogens with two attached hydrogens (primary N) is 1. The Morgan fingerprint density at radius 1 is 1.50 bits per heavy atom. The molecule has 1 aromatic carbocycles. The third-order valence-corrected chi connectivity index (χ3v) is 3.30. The number of aryl methyl sites for hydroxylation is 1. The van der Waals surface area contributed by atoms with E-state index in [0.29, 0.717) is 18.3 Å². The summed E-state index contributed by atoms with van der Waals surface area (Å²) in [5.41, 5.74) is 8.27. The molecule has 0 aliphatic carbocycles. The van der Waals surface area contributed by atoms with Crippen LogP contribution >= 0.6 is 0 Å². The van der Waals surface area contributed by atoms with Crippen LogP contribution in [0.4, 0.5) is 11.4 Å². The van der Waals surface area contributed by atoms with Gasteiger partial charge in [-0.2, -0.15) is 0 Å². The predicted molar refractivity (Wildman–Crippen MR) is 76.6 cm³/mol. The number of carbonyl (C=O) groups is 1. The SMILES string of the molecule is CCC(C)N(C)CC(=O)Nc1ccc(C)c(N)c1. The Labute approximate surface area is 109 Å². The van der Waals surface area contributed by atoms with Crippen LogP contribution in [0.5, 0.6) is 0 Å². The van der Waals surface area contributed by atoms with Crippen LogP contribution in [0.2, 0.25) is 0 Å². The fraction of sp³-hybridized carbons (Fsp3) is 0.500. The van der Waals surface area contributed by atoms with Crippen LogP contribution in [-0.2, 0) is 4.79 Å². The minimum atomic E-state index is -0.0129. The quantitative estimate of drug-likeness (QED) is 0.787. The molecule has 0 saturated heterocycles. The molecule has 4 heteroatoms. The Morgan fingerprint density at radius 3 is 2.72 bits per heavy atom. The van der Waals surface area contributed by atoms with E-state index in [0.717, 1.165) is 17.7 Å². The number of nitrogens with zero attached hydrogens (tertiary/aromatic N) is 1. The van der Waals surface area contributed by atoms with Crippen LogP contribution in [0.15, 0.2) is 18.2 Å². The molecular formula is C14H23N3O. The third-order valence-electron chi connectivity index (χ3n) is 3.30. The molecule has 0 bridgehead atoms. The largest absolute Gasteiger partial charge is 0.398 e. The van der Waals surface area contributed by atoms with Crippen molar-refractivity contribution in [3.05, 3.63) is 23.8 Å². The zero-order chi connectivity index (χ0) is 13.7. The number of anilines is 2. The van der Waals surface area contributed by atoms with Crippen LogP contribution < -0.4 is 11.1 Å². The molecule has 1 rings (SSSR count). The Balaban J connectivity index is 2.57. The van der Waals surface area contributed by atoms with E-state index in [1.807, 2.05) is 31.0 Å². The maximum absolute atomic E-state index is 11.8. The van der Waals surface area contributed by atoms with Gasteiger partial charge in [-0.3, -0.25) is 9.69 Å². The number of carbonyl (C=O) groups excluding carboxylic acids is 1. The summed E-state index contributed by atoms with van der Waals surface area (Å²) in [6.07, 6.45) is 1.03. The molecule has 4 nitrogen and oxygen atoms in total. The van der Waals surface area contributed by atoms with Crippen molar-refractivity contribution in [2.45, 2.75) is 33.2 Å². The van der Waals surface area contributed by atoms with Crippen molar-refractivity contribution in [3.63, 3.8) is 0 Å². The smallest absolute Gasteiger partial charge is 0.238 e. The first kappa shape index (κ1) is 14.5. The highest BCUT2D eigenvalue weighted by molar-refractivity contribution is 5.92. The summed E-state index contributed by atoms with van der Waals surface area (Å²) in [5.74, 6) is -0.0129. The lowest BCUT2D eigenvalue weighted by Gasteiger charge is -2.22. The maximum Gasteiger partial charge on any atom is 0.238 e. The summed E-state index contributed by atoms with van der Waals surface area (Å²) < 4.78 is 0. The van der Waals surface area contributed by atoms with Crippen molar-refractivity contribution in [2.75, 3.05) is 24.6 Å². The molecule has 1 unspecified atom stereocenters. The highest BCUT2D eigenvalue weighted by Gasteiger charge is 2.11. The second kappa shape index (κ2) is 6.40. The number of rotatable bonds is 5. The zero-order valence-corrected chi connectivity index (χ0v) is 11.7. The summed E-state index contributed by atoms with van der Waals surface area (Å²) in [5, 5.41) is 2.86. The van der Waals surface area contributed by atoms with E-state index in [9.17, 15) is 4.79 Å². The standard InChI is InChI=1S/C14H23N3O/c1-5-11(3)17(4)9-14(18)16-12-7-6-10(2)13(15)8-12/h6-8,11H,5,9,15H2,1-4H3,(H,16,18). The molecule has 0 radical (unpaired) electrons. The van der Waals surface area contributed by atoms with Gasteiger partial charge >= 0.3 is 0 Å². The van der Waals surface area contributed by atoms with Crippen molar-refractivity contribution in [1.29, 1.82) is 0 Å². The van der Waals surface area contributed by atoms with E-state index in [1.54, 1.807) is 6.07 Å². The molecule has 0 heterocycles. The average Bonchev–Trinajstić information content (AvgIpc) is 2.32. The molecule has 100 valence electrons. The molecule has 0 aromatic heterocycles. The molecule has 0 aliphatic heterocycles. The van der Waals surface area contributed by atoms with Crippen LogP contribution in [0.3, 0.4) is 0 Å². The van der Waals surface area contributed by atoms with Gasteiger partial charge in [0.1, 0.15) is 0 Å². The lowest BCUT2D eigenvalue weighted by atomic mass is 10.2. The number of nitrogen functional groups attached to an aromatic ring is 1. The van der Waals surface area contributed by atoms with Gasteiger partial charge in [0, 0.05) is 17.4 Å². The number of likely N-dealkylation sites (N-methyl/N-ethyl adjacent to an activating group) is 1. The topological polar surface area (TPSA) is 58.4 Å². The van der Waals surface area contributed by atoms with E-state index in [2.05, 4.69) is 19.2 Å². The van der Waals surface area contributed by atoms with Gasteiger partial charge in [-0.1, -0.05) is 13.0 Å². The van der Waals surface area contributed by atoms with Crippen molar-refractivity contribution in [1.82, 2.24) is 4.90 Å². The first-order valence-electron chi connectivity index (χ1n) is 6.30. The number of hydrogen-bond acceptors (Lipinski definition) is 3. The monoisotopic (exact) mass is 249 g/mol. The lowest BCUT2D eigenvalue weighted by Crippen LogP contribution is -2.36. The Hall–Kier alpha value is -1.55. The van der Waals surface area contributed by atoms with Gasteiger partial charge in [-0.15, -0.1) is 0 Å². The fourth-order valence-corrected chi connectivity index (χ4v) is 1.61. The predicted octanol–water partition coefficient (Wildman–Crippen LogP) is 2.25. The molecule has 18 heavy (non-hydrogen) atoms. The van der Waals surface area contributed by atoms with Crippen LogP contribution in [0.25, 0.3) is 0 Å². The van der Waals surface area contributed by atoms with E-state index in [-0.39, 0.29) is 5.91 Å². The van der Waals surface area contributed by atoms with Gasteiger partial charge in [-0.25, -0.2) is 0 Å². The van der Waals surface area contributed by atoms with Gasteiger partial charge in [0.2, 0.25) is 5.91 Å². The maximum atomic E-state index is 11.8. The molecule has 1 atom stereocenters. The highest BCUT2D eigenvalue weighted by atomic mass is 16.2. The molecular weight excluding hydrogens is 226 g/mol. The number of hydrogen-bond donors (Lipinski definition) is 2. The van der Waals surface area contributed by atoms with E-state index >= 15 is 0 Å². The van der Waals surface area contributed by atoms with Crippen molar-refractivity contribution < 1.29 is 4.79 Å². The van der Waals surface area contributed by atoms with Crippen LogP contribution in [0.1, 0.15) is 25.8 Å². The summed E-state index contributed by atoms with van der Waals surface area (Å²) in [7, 11) is 1.96. The Bertz CT molecular complexity index is 418. The molecule has 0 aliphatic rings. The average molecular weight is 249 g/mol. The van der Waals surface area contributed by atoms with Crippen molar-refractivity contribution in [3.8, 4) is 0 Å². The molecule has 1 amide bonds. The van der Waals surface area contributed by atoms with Gasteiger partial charge in [-0.05, 0) is 45.0 Å². The second-order valence-corrected chi connectivity index (χ2v) is 4.79. The minimum absolute atomic E-state index is 0.0129. The number of amides is 1. The van der Waals surface area contributed by atoms with Gasteiger partial charge in [0.05, 0.1) is 6.54 Å². The summed E-state index contributed by atoms with van der Waals surface area (Å²) in [6, 6.07) is 5.96. The summed E-state index contributed by atoms with van der Waals surface area (Å²) in [6.45, 7) is 6.55. The van der Waals surface area contributed by atoms with E-state index < -0.39 is 0 Å². The summed E-state index contributed by atoms with van der Waals surface area (Å²) >= 11 is 0. The molecule has 1 aromatic rings. The molecule has 0 spiro atoms. The van der Waals surface area contributed by atoms with E-state index in [4.69, 9.17) is 5.73 Å². The van der Waals surface area contributed by atoms with Crippen molar-refractivity contribution >= 4 is 17.3 Å². The Morgan fingerprint density at radius 2 is 2.17 bits per heavy atom. The van der Waals surface area contributed by atoms with Gasteiger partial charge < -0.3 is 11.1 Å². The normalized spacial score (nSPS) is 12.5. The first-order chi connectivity index (χ1) is 8.43. The summed E-state index contributed by atoms with van der Waals surface area (Å²) in [4.78, 5) is 13.9. The zero-order valence-electron chi connectivity index (χ0n) is 11.7. The fourth-order valence-electron chi connectivity index (χ4n) is 1.61. The van der Waals surface area contributed by atoms with Gasteiger partial charge in [0.25, 0.3) is 0 Å². The lowest BCUT2D eigenvalue weighted by molar-refractivity contribution is -0.117. The van der Waals surface area contributed by atoms with E-state index in [1.165, 1.54) is 0 Å². The molecule has 0 saturated carbocycles. The number of benzene rings is 1. The van der Waals surface area contributed by atoms with Crippen LogP contribution in [-0.4, -0.2) is 30.4 Å². The van der Waals surface area contributed by atoms with Crippen LogP contribution in [0, 0.1) is 6.92 Å². The molecule has 3 N–H and O–H groups in total. The van der Waals surface area contributed by atoms with Gasteiger partial charge in [0.15, 0.2) is 0 Å². The molecule has 0 fully saturated rings. The highest BCUT2D eigenvalue weighted by Crippen LogP contribution is 2.16. The second-order valence-electron chi connectivity index (χ2n) is 4.79. The van der Waals surface area contributed by atoms with Crippen molar-refractivity contribution in [2.24, 2.45) is 0 Å². The Kier molecular flexibility index (Phi) is 5.16. The minimum Gasteiger partial charge on any atom is -0.398 e. The number of nitrogens with one attached hydrogen (secondary N) is 1.